The average molecular weight is 2100 g/mol. The zero-order chi connectivity index (χ0) is 98.4. The third kappa shape index (κ3) is 25.6. The number of aliphatic imine (C=N–C) groups is 2. The zero-order valence-electron chi connectivity index (χ0n) is 78.5. The number of nitrogens with two attached hydrogens (primary N) is 2. The molecule has 4 heterocycles. The van der Waals surface area contributed by atoms with Gasteiger partial charge < -0.3 is 31.0 Å². The minimum Gasteiger partial charge on any atom is -0.485 e. The van der Waals surface area contributed by atoms with Crippen LogP contribution >= 0.6 is 47.6 Å². The van der Waals surface area contributed by atoms with E-state index in [2.05, 4.69) is 400 Å². The molecule has 143 heavy (non-hydrogen) atoms. The third-order valence-corrected chi connectivity index (χ3v) is 34.3. The summed E-state index contributed by atoms with van der Waals surface area (Å²) < 4.78 is 13.4. The fourth-order valence-corrected chi connectivity index (χ4v) is 26.7. The van der Waals surface area contributed by atoms with Crippen molar-refractivity contribution in [3.63, 3.8) is 0 Å². The van der Waals surface area contributed by atoms with E-state index in [-0.39, 0.29) is 56.4 Å². The van der Waals surface area contributed by atoms with Gasteiger partial charge in [-0.25, -0.2) is 19.7 Å². The monoisotopic (exact) mass is 2090 g/mol. The Bertz CT molecular complexity index is 6450. The van der Waals surface area contributed by atoms with Crippen LogP contribution in [0, 0.1) is 13.1 Å². The van der Waals surface area contributed by atoms with Crippen LogP contribution in [-0.2, 0) is 41.1 Å². The number of nitrogens with zero attached hydrogens (tertiary/aromatic N) is 6. The Morgan fingerprint density at radius 2 is 0.566 bits per heavy atom. The van der Waals surface area contributed by atoms with E-state index >= 15 is 0 Å². The molecular formula is C122H102BBrN8O6P4Pd. The fourth-order valence-electron chi connectivity index (χ4n) is 17.1. The van der Waals surface area contributed by atoms with Crippen molar-refractivity contribution in [1.29, 1.82) is 0 Å². The molecule has 0 aliphatic carbocycles. The van der Waals surface area contributed by atoms with Gasteiger partial charge in [0, 0.05) is 63.0 Å². The van der Waals surface area contributed by atoms with Gasteiger partial charge in [0.15, 0.2) is 34.4 Å². The molecule has 18 aromatic carbocycles. The standard InChI is InChI=1S/C25H20N4O2.C18H16BrN3O2.4C18H15P.C7H6BNO2.Pd/c1-27-19-10-6-9-17(13-19)18-11-12-21-20(14-18)25(23(30)29(2)24(26)28-25)15-22(31-21)16-7-4-3-5-8-16;1-22-16(23)18(21-17(22)20)10-15(11-5-3-2-4-6-11)24-14-8-7-12(19)9-13(14)18;4*1-4-10-16(11-5-1)19(17-12-6-2-7-13-17)18-14-8-3-9-15-18;1-9-7-4-2-6(3-5-7)8(10)11;/h3-14,22H,15H2,2H3,(H2,26,28);2-9,15H,10H2,1H3,(H2,20,21);4*1-15H;2-5,10-11H;/t22-,25+;;;;;;;/m1......./s1. The molecule has 18 aromatic rings. The minimum atomic E-state index is -1.45. The van der Waals surface area contributed by atoms with Crippen LogP contribution in [0.5, 0.6) is 11.5 Å². The molecule has 22 rings (SSSR count). The zero-order valence-corrected chi connectivity index (χ0v) is 85.2. The summed E-state index contributed by atoms with van der Waals surface area (Å²) in [6.07, 6.45) is 0.202. The molecule has 0 bridgehead atoms. The average Bonchev–Trinajstić information content (AvgIpc) is 1.60. The second kappa shape index (κ2) is 50.6. The molecule has 0 aromatic heterocycles. The summed E-state index contributed by atoms with van der Waals surface area (Å²) in [6.45, 7) is 13.9. The number of halogens is 1. The second-order valence-electron chi connectivity index (χ2n) is 33.3. The van der Waals surface area contributed by atoms with Gasteiger partial charge in [-0.05, 0) is 159 Å². The third-order valence-electron chi connectivity index (χ3n) is 24.1. The predicted molar refractivity (Wildman–Crippen MR) is 596 cm³/mol. The summed E-state index contributed by atoms with van der Waals surface area (Å²) >= 11 is 3.47. The van der Waals surface area contributed by atoms with Crippen LogP contribution in [-0.4, -0.2) is 64.8 Å². The van der Waals surface area contributed by atoms with Crippen molar-refractivity contribution in [1.82, 2.24) is 9.80 Å². The van der Waals surface area contributed by atoms with E-state index in [1.54, 1.807) is 32.3 Å². The fraction of sp³-hybridized carbons (Fsp3) is 0.0656. The van der Waals surface area contributed by atoms with Gasteiger partial charge in [0.2, 0.25) is 0 Å². The Labute approximate surface area is 864 Å². The van der Waals surface area contributed by atoms with Gasteiger partial charge in [0.25, 0.3) is 11.8 Å². The SMILES string of the molecule is CN1C(=O)C2(CC(c3ccccc3)Oc3ccc(Br)cc32)N=C1N.[C-]#[N+]c1ccc(B(O)O)cc1.[C-]#[N+]c1cccc(-c2ccc3c(c2)[C@]2(C[C@H](c4ccccc4)O3)N=C(N)N(C)C2=O)c1.[Pd].c1ccc(P(c2ccccc2)c2ccccc2)cc1.c1ccc(P(c2ccccc2)c2ccccc2)cc1.c1ccc(P(c2ccccc2)c2ccccc2)cc1.c1ccc(P(c2ccccc2)c2ccccc2)cc1. The van der Waals surface area contributed by atoms with Crippen LogP contribution in [0.4, 0.5) is 11.4 Å². The van der Waals surface area contributed by atoms with Gasteiger partial charge in [0.05, 0.1) is 13.1 Å². The van der Waals surface area contributed by atoms with Gasteiger partial charge in [-0.1, -0.05) is 489 Å². The molecule has 4 atom stereocenters. The Hall–Kier alpha value is -14.7. The van der Waals surface area contributed by atoms with Crippen molar-refractivity contribution >= 4 is 159 Å². The van der Waals surface area contributed by atoms with Gasteiger partial charge in [-0.3, -0.25) is 19.4 Å². The second-order valence-corrected chi connectivity index (χ2v) is 43.1. The molecule has 0 radical (unpaired) electrons. The first-order valence-electron chi connectivity index (χ1n) is 46.3. The van der Waals surface area contributed by atoms with Crippen molar-refractivity contribution in [2.75, 3.05) is 14.1 Å². The number of carbonyl (C=O) groups is 2. The van der Waals surface area contributed by atoms with Gasteiger partial charge in [0.1, 0.15) is 23.7 Å². The normalized spacial score (nSPS) is 15.3. The number of likely N-dealkylation sites (N-methyl/N-ethyl adjacent to an activating group) is 2. The molecule has 706 valence electrons. The van der Waals surface area contributed by atoms with E-state index in [1.807, 2.05) is 115 Å². The first kappa shape index (κ1) is 103. The van der Waals surface area contributed by atoms with E-state index in [0.717, 1.165) is 32.3 Å². The van der Waals surface area contributed by atoms with Crippen molar-refractivity contribution < 1.29 is 49.5 Å². The smallest absolute Gasteiger partial charge is 0.485 e. The Balaban J connectivity index is 0.000000128. The summed E-state index contributed by atoms with van der Waals surface area (Å²) in [7, 11) is 0.0646. The number of fused-ring (bicyclic) bond motifs is 4. The van der Waals surface area contributed by atoms with E-state index in [4.69, 9.17) is 44.1 Å². The Morgan fingerprint density at radius 3 is 0.811 bits per heavy atom. The van der Waals surface area contributed by atoms with Crippen LogP contribution in [0.1, 0.15) is 47.3 Å². The van der Waals surface area contributed by atoms with Crippen molar-refractivity contribution in [2.24, 2.45) is 21.5 Å². The summed E-state index contributed by atoms with van der Waals surface area (Å²) in [5.41, 5.74) is 16.6. The Morgan fingerprint density at radius 1 is 0.322 bits per heavy atom. The van der Waals surface area contributed by atoms with Crippen molar-refractivity contribution in [2.45, 2.75) is 36.1 Å². The summed E-state index contributed by atoms with van der Waals surface area (Å²) in [6, 6.07) is 174. The number of rotatable bonds is 16. The molecule has 2 unspecified atom stereocenters. The van der Waals surface area contributed by atoms with E-state index in [9.17, 15) is 9.59 Å². The number of benzene rings is 18. The molecule has 0 fully saturated rings. The molecule has 6 N–H and O–H groups in total. The largest absolute Gasteiger partial charge is 0.488 e. The minimum absolute atomic E-state index is 0. The van der Waals surface area contributed by atoms with Gasteiger partial charge in [-0.15, -0.1) is 0 Å². The maximum absolute atomic E-state index is 13.4. The van der Waals surface area contributed by atoms with E-state index in [0.29, 0.717) is 46.7 Å². The first-order valence-corrected chi connectivity index (χ1v) is 52.5. The van der Waals surface area contributed by atoms with E-state index in [1.165, 1.54) is 85.6 Å². The van der Waals surface area contributed by atoms with Crippen molar-refractivity contribution in [3.05, 3.63) is 559 Å². The number of carbonyl (C=O) groups excluding carboxylic acids is 2. The van der Waals surface area contributed by atoms with Crippen LogP contribution in [0.25, 0.3) is 20.8 Å². The molecule has 14 nitrogen and oxygen atoms in total. The van der Waals surface area contributed by atoms with Gasteiger partial charge in [-0.2, -0.15) is 0 Å². The van der Waals surface area contributed by atoms with Crippen molar-refractivity contribution in [3.8, 4) is 22.6 Å². The predicted octanol–water partition coefficient (Wildman–Crippen LogP) is 21.1. The van der Waals surface area contributed by atoms with Crippen LogP contribution in [0.2, 0.25) is 0 Å². The molecular weight excluding hydrogens is 1990 g/mol. The molecule has 2 amide bonds. The number of hydrogen-bond donors (Lipinski definition) is 4. The molecule has 0 saturated carbocycles. The Kier molecular flexibility index (Phi) is 36.3. The number of ether oxygens (including phenoxy) is 2. The van der Waals surface area contributed by atoms with E-state index < -0.39 is 49.9 Å². The molecule has 21 heteroatoms. The molecule has 0 saturated heterocycles. The van der Waals surface area contributed by atoms with Gasteiger partial charge >= 0.3 is 7.12 Å². The first-order chi connectivity index (χ1) is 69.6. The summed E-state index contributed by atoms with van der Waals surface area (Å²) in [4.78, 5) is 45.2. The number of hydrogen-bond acceptors (Lipinski definition) is 10. The quantitative estimate of drug-likeness (QED) is 0.0418. The molecule has 2 spiro atoms. The van der Waals surface area contributed by atoms with Crippen LogP contribution in [0.3, 0.4) is 0 Å². The number of guanidine groups is 2. The number of amides is 2. The molecule has 4 aliphatic heterocycles. The molecule has 4 aliphatic rings. The van der Waals surface area contributed by atoms with Crippen LogP contribution in [0.15, 0.2) is 524 Å². The summed E-state index contributed by atoms with van der Waals surface area (Å²) in [5, 5.41) is 34.1. The maximum atomic E-state index is 13.4. The van der Waals surface area contributed by atoms with Crippen LogP contribution < -0.4 is 90.1 Å². The maximum Gasteiger partial charge on any atom is 0.488 e. The summed E-state index contributed by atoms with van der Waals surface area (Å²) in [5.74, 6) is 1.43. The topological polar surface area (TPSA) is 185 Å².